The van der Waals surface area contributed by atoms with Crippen molar-refractivity contribution in [2.45, 2.75) is 38.0 Å². The van der Waals surface area contributed by atoms with Gasteiger partial charge in [-0.25, -0.2) is 4.79 Å². The summed E-state index contributed by atoms with van der Waals surface area (Å²) >= 11 is 11.9. The lowest BCUT2D eigenvalue weighted by Crippen LogP contribution is -2.13. The number of hydrogen-bond donors (Lipinski definition) is 0. The highest BCUT2D eigenvalue weighted by Crippen LogP contribution is 2.37. The van der Waals surface area contributed by atoms with Crippen LogP contribution in [0.15, 0.2) is 55.1 Å². The summed E-state index contributed by atoms with van der Waals surface area (Å²) in [6.07, 6.45) is 8.07. The van der Waals surface area contributed by atoms with Crippen LogP contribution in [0.25, 0.3) is 0 Å². The lowest BCUT2D eigenvalue weighted by Gasteiger charge is -2.28. The SMILES string of the molecule is C=CC[C@H]1CC[C@H](c2ccc(OC(=O)c3ccc(Cl)cc3Cl)cc2)CC1. The van der Waals surface area contributed by atoms with E-state index >= 15 is 0 Å². The summed E-state index contributed by atoms with van der Waals surface area (Å²) in [4.78, 5) is 12.3. The Bertz CT molecular complexity index is 775. The van der Waals surface area contributed by atoms with Crippen LogP contribution in [0.5, 0.6) is 5.75 Å². The van der Waals surface area contributed by atoms with Gasteiger partial charge in [-0.3, -0.25) is 0 Å². The molecule has 1 saturated carbocycles. The summed E-state index contributed by atoms with van der Waals surface area (Å²) in [7, 11) is 0. The molecule has 0 amide bonds. The van der Waals surface area contributed by atoms with E-state index < -0.39 is 5.97 Å². The zero-order valence-electron chi connectivity index (χ0n) is 14.6. The maximum Gasteiger partial charge on any atom is 0.345 e. The van der Waals surface area contributed by atoms with Crippen molar-refractivity contribution in [3.05, 3.63) is 76.3 Å². The van der Waals surface area contributed by atoms with E-state index in [-0.39, 0.29) is 5.02 Å². The molecule has 26 heavy (non-hydrogen) atoms. The summed E-state index contributed by atoms with van der Waals surface area (Å²) in [5.74, 6) is 1.41. The van der Waals surface area contributed by atoms with Crippen LogP contribution in [-0.2, 0) is 0 Å². The summed E-state index contributed by atoms with van der Waals surface area (Å²) in [5, 5.41) is 0.772. The number of rotatable bonds is 5. The van der Waals surface area contributed by atoms with Crippen LogP contribution in [0, 0.1) is 5.92 Å². The Morgan fingerprint density at radius 3 is 2.38 bits per heavy atom. The van der Waals surface area contributed by atoms with E-state index in [1.54, 1.807) is 12.1 Å². The molecule has 2 aromatic rings. The molecule has 2 aromatic carbocycles. The Labute approximate surface area is 164 Å². The number of halogens is 2. The van der Waals surface area contributed by atoms with Crippen molar-refractivity contribution < 1.29 is 9.53 Å². The van der Waals surface area contributed by atoms with Crippen LogP contribution in [0.4, 0.5) is 0 Å². The van der Waals surface area contributed by atoms with Crippen molar-refractivity contribution in [2.24, 2.45) is 5.92 Å². The molecule has 0 aromatic heterocycles. The highest BCUT2D eigenvalue weighted by molar-refractivity contribution is 6.36. The van der Waals surface area contributed by atoms with E-state index in [4.69, 9.17) is 27.9 Å². The molecule has 0 heterocycles. The number of hydrogen-bond acceptors (Lipinski definition) is 2. The van der Waals surface area contributed by atoms with Gasteiger partial charge in [-0.05, 0) is 79.8 Å². The normalized spacial score (nSPS) is 19.8. The monoisotopic (exact) mass is 388 g/mol. The first-order chi connectivity index (χ1) is 12.6. The van der Waals surface area contributed by atoms with Gasteiger partial charge in [0.2, 0.25) is 0 Å². The van der Waals surface area contributed by atoms with Crippen molar-refractivity contribution in [1.82, 2.24) is 0 Å². The predicted molar refractivity (Wildman–Crippen MR) is 107 cm³/mol. The molecular formula is C22H22Cl2O2. The predicted octanol–water partition coefficient (Wildman–Crippen LogP) is 7.06. The van der Waals surface area contributed by atoms with Crippen molar-refractivity contribution in [3.63, 3.8) is 0 Å². The molecule has 0 unspecified atom stereocenters. The Morgan fingerprint density at radius 1 is 1.08 bits per heavy atom. The minimum absolute atomic E-state index is 0.287. The standard InChI is InChI=1S/C22H22Cl2O2/c1-2-3-15-4-6-16(7-5-15)17-8-11-19(12-9-17)26-22(25)20-13-10-18(23)14-21(20)24/h2,8-16H,1,3-7H2/t15-,16-. The van der Waals surface area contributed by atoms with E-state index in [1.165, 1.54) is 37.3 Å². The lowest BCUT2D eigenvalue weighted by atomic mass is 9.77. The van der Waals surface area contributed by atoms with Crippen LogP contribution in [-0.4, -0.2) is 5.97 Å². The highest BCUT2D eigenvalue weighted by atomic mass is 35.5. The van der Waals surface area contributed by atoms with Crippen LogP contribution in [0.3, 0.4) is 0 Å². The Morgan fingerprint density at radius 2 is 1.77 bits per heavy atom. The second-order valence-corrected chi connectivity index (χ2v) is 7.67. The topological polar surface area (TPSA) is 26.3 Å². The van der Waals surface area contributed by atoms with Crippen molar-refractivity contribution in [2.75, 3.05) is 0 Å². The first-order valence-electron chi connectivity index (χ1n) is 8.95. The fourth-order valence-corrected chi connectivity index (χ4v) is 4.08. The zero-order chi connectivity index (χ0) is 18.5. The number of carbonyl (C=O) groups excluding carboxylic acids is 1. The molecular weight excluding hydrogens is 367 g/mol. The quantitative estimate of drug-likeness (QED) is 0.311. The molecule has 1 fully saturated rings. The fourth-order valence-electron chi connectivity index (χ4n) is 3.59. The van der Waals surface area contributed by atoms with E-state index in [2.05, 4.69) is 18.7 Å². The average molecular weight is 389 g/mol. The maximum absolute atomic E-state index is 12.3. The molecule has 0 aliphatic heterocycles. The Kier molecular flexibility index (Phi) is 6.39. The number of allylic oxidation sites excluding steroid dienone is 1. The molecule has 0 bridgehead atoms. The van der Waals surface area contributed by atoms with Gasteiger partial charge in [0, 0.05) is 5.02 Å². The number of esters is 1. The van der Waals surface area contributed by atoms with E-state index in [9.17, 15) is 4.79 Å². The summed E-state index contributed by atoms with van der Waals surface area (Å²) in [5.41, 5.74) is 1.62. The second-order valence-electron chi connectivity index (χ2n) is 6.82. The molecule has 0 saturated heterocycles. The van der Waals surface area contributed by atoms with E-state index in [0.717, 1.165) is 12.3 Å². The van der Waals surface area contributed by atoms with Crippen LogP contribution < -0.4 is 4.74 Å². The molecule has 0 spiro atoms. The summed E-state index contributed by atoms with van der Waals surface area (Å²) < 4.78 is 5.43. The van der Waals surface area contributed by atoms with Gasteiger partial charge in [-0.1, -0.05) is 41.4 Å². The number of ether oxygens (including phenoxy) is 1. The number of carbonyl (C=O) groups is 1. The zero-order valence-corrected chi connectivity index (χ0v) is 16.1. The van der Waals surface area contributed by atoms with Gasteiger partial charge < -0.3 is 4.74 Å². The molecule has 0 atom stereocenters. The van der Waals surface area contributed by atoms with Gasteiger partial charge in [0.25, 0.3) is 0 Å². The van der Waals surface area contributed by atoms with Gasteiger partial charge in [-0.2, -0.15) is 0 Å². The van der Waals surface area contributed by atoms with Gasteiger partial charge in [0.05, 0.1) is 10.6 Å². The fraction of sp³-hybridized carbons (Fsp3) is 0.318. The maximum atomic E-state index is 12.3. The van der Waals surface area contributed by atoms with Crippen LogP contribution >= 0.6 is 23.2 Å². The van der Waals surface area contributed by atoms with Crippen molar-refractivity contribution >= 4 is 29.2 Å². The Hall–Kier alpha value is -1.77. The van der Waals surface area contributed by atoms with Gasteiger partial charge in [0.1, 0.15) is 5.75 Å². The second kappa shape index (κ2) is 8.75. The van der Waals surface area contributed by atoms with Crippen molar-refractivity contribution in [3.8, 4) is 5.75 Å². The molecule has 2 nitrogen and oxygen atoms in total. The largest absolute Gasteiger partial charge is 0.423 e. The first-order valence-corrected chi connectivity index (χ1v) is 9.70. The summed E-state index contributed by atoms with van der Waals surface area (Å²) in [6, 6.07) is 12.6. The smallest absolute Gasteiger partial charge is 0.345 e. The van der Waals surface area contributed by atoms with Crippen molar-refractivity contribution in [1.29, 1.82) is 0 Å². The average Bonchev–Trinajstić information content (AvgIpc) is 2.63. The molecule has 1 aliphatic carbocycles. The number of benzene rings is 2. The molecule has 0 radical (unpaired) electrons. The highest BCUT2D eigenvalue weighted by Gasteiger charge is 2.21. The third-order valence-corrected chi connectivity index (χ3v) is 5.61. The van der Waals surface area contributed by atoms with E-state index in [0.29, 0.717) is 22.3 Å². The molecule has 136 valence electrons. The van der Waals surface area contributed by atoms with Crippen LogP contribution in [0.1, 0.15) is 53.9 Å². The van der Waals surface area contributed by atoms with Crippen LogP contribution in [0.2, 0.25) is 10.0 Å². The first kappa shape index (κ1) is 19.0. The Balaban J connectivity index is 1.61. The summed E-state index contributed by atoms with van der Waals surface area (Å²) in [6.45, 7) is 3.84. The molecule has 0 N–H and O–H groups in total. The van der Waals surface area contributed by atoms with Gasteiger partial charge >= 0.3 is 5.97 Å². The third kappa shape index (κ3) is 4.69. The minimum Gasteiger partial charge on any atom is -0.423 e. The van der Waals surface area contributed by atoms with E-state index in [1.807, 2.05) is 18.2 Å². The van der Waals surface area contributed by atoms with Gasteiger partial charge in [-0.15, -0.1) is 6.58 Å². The molecule has 4 heteroatoms. The lowest BCUT2D eigenvalue weighted by molar-refractivity contribution is 0.0735. The van der Waals surface area contributed by atoms with Gasteiger partial charge in [0.15, 0.2) is 0 Å². The third-order valence-electron chi connectivity index (χ3n) is 5.06. The molecule has 3 rings (SSSR count). The molecule has 1 aliphatic rings. The minimum atomic E-state index is -0.482.